The molecule has 0 radical (unpaired) electrons. The van der Waals surface area contributed by atoms with Gasteiger partial charge in [0.25, 0.3) is 0 Å². The fraction of sp³-hybridized carbons (Fsp3) is 0.238. The molecule has 0 saturated carbocycles. The van der Waals surface area contributed by atoms with E-state index in [1.165, 1.54) is 16.5 Å². The Morgan fingerprint density at radius 1 is 1.00 bits per heavy atom. The number of hydrogen-bond donors (Lipinski definition) is 1. The number of rotatable bonds is 3. The summed E-state index contributed by atoms with van der Waals surface area (Å²) in [6, 6.07) is 16.9. The third kappa shape index (κ3) is 2.80. The lowest BCUT2D eigenvalue weighted by Gasteiger charge is -2.28. The number of hydrogen-bond acceptors (Lipinski definition) is 5. The second-order valence-corrected chi connectivity index (χ2v) is 6.66. The molecule has 0 unspecified atom stereocenters. The zero-order chi connectivity index (χ0) is 17.3. The molecule has 1 N–H and O–H groups in total. The first-order valence-corrected chi connectivity index (χ1v) is 8.99. The van der Waals surface area contributed by atoms with E-state index in [1.807, 2.05) is 6.21 Å². The minimum absolute atomic E-state index is 0.751. The monoisotopic (exact) mass is 344 g/mol. The van der Waals surface area contributed by atoms with Gasteiger partial charge in [-0.1, -0.05) is 30.3 Å². The largest absolute Gasteiger partial charge is 0.378 e. The molecular formula is C21H20N4O. The molecule has 1 saturated heterocycles. The fourth-order valence-corrected chi connectivity index (χ4v) is 3.55. The van der Waals surface area contributed by atoms with E-state index in [2.05, 4.69) is 63.7 Å². The van der Waals surface area contributed by atoms with Crippen molar-refractivity contribution in [2.24, 2.45) is 4.99 Å². The van der Waals surface area contributed by atoms with Crippen molar-refractivity contribution < 1.29 is 4.74 Å². The number of pyridine rings is 1. The molecule has 3 aromatic rings. The molecule has 3 heterocycles. The molecule has 5 rings (SSSR count). The number of anilines is 3. The molecule has 0 bridgehead atoms. The summed E-state index contributed by atoms with van der Waals surface area (Å²) >= 11 is 0. The number of nitrogens with one attached hydrogen (secondary N) is 1. The third-order valence-electron chi connectivity index (χ3n) is 4.96. The lowest BCUT2D eigenvalue weighted by Crippen LogP contribution is -2.36. The van der Waals surface area contributed by atoms with Crippen LogP contribution in [0.3, 0.4) is 0 Å². The van der Waals surface area contributed by atoms with E-state index in [-0.39, 0.29) is 0 Å². The van der Waals surface area contributed by atoms with Crippen molar-refractivity contribution in [3.8, 4) is 0 Å². The van der Waals surface area contributed by atoms with E-state index >= 15 is 0 Å². The number of ether oxygens (including phenoxy) is 1. The predicted molar refractivity (Wildman–Crippen MR) is 106 cm³/mol. The Labute approximate surface area is 152 Å². The van der Waals surface area contributed by atoms with Gasteiger partial charge in [0.1, 0.15) is 11.6 Å². The highest BCUT2D eigenvalue weighted by Gasteiger charge is 2.15. The van der Waals surface area contributed by atoms with Gasteiger partial charge in [0, 0.05) is 30.4 Å². The minimum Gasteiger partial charge on any atom is -0.378 e. The summed E-state index contributed by atoms with van der Waals surface area (Å²) in [7, 11) is 0. The molecule has 5 nitrogen and oxygen atoms in total. The first-order valence-electron chi connectivity index (χ1n) is 8.99. The van der Waals surface area contributed by atoms with Gasteiger partial charge in [0.2, 0.25) is 0 Å². The van der Waals surface area contributed by atoms with Crippen molar-refractivity contribution in [2.75, 3.05) is 36.5 Å². The quantitative estimate of drug-likeness (QED) is 0.786. The molecule has 2 aliphatic rings. The van der Waals surface area contributed by atoms with Crippen molar-refractivity contribution in [1.29, 1.82) is 0 Å². The third-order valence-corrected chi connectivity index (χ3v) is 4.96. The van der Waals surface area contributed by atoms with Gasteiger partial charge in [-0.05, 0) is 34.7 Å². The Bertz CT molecular complexity index is 992. The maximum Gasteiger partial charge on any atom is 0.140 e. The maximum absolute atomic E-state index is 5.48. The molecule has 0 aliphatic carbocycles. The van der Waals surface area contributed by atoms with Gasteiger partial charge in [-0.25, -0.2) is 4.98 Å². The van der Waals surface area contributed by atoms with Crippen LogP contribution in [0, 0.1) is 0 Å². The molecular weight excluding hydrogens is 324 g/mol. The molecule has 130 valence electrons. The van der Waals surface area contributed by atoms with Crippen LogP contribution in [-0.4, -0.2) is 37.5 Å². The Balaban J connectivity index is 1.55. The van der Waals surface area contributed by atoms with Crippen LogP contribution < -0.4 is 10.2 Å². The number of aliphatic imine (C=N–C) groups is 1. The van der Waals surface area contributed by atoms with Gasteiger partial charge in [0.05, 0.1) is 19.8 Å². The van der Waals surface area contributed by atoms with Gasteiger partial charge >= 0.3 is 0 Å². The average Bonchev–Trinajstić information content (AvgIpc) is 3.16. The summed E-state index contributed by atoms with van der Waals surface area (Å²) in [4.78, 5) is 11.6. The summed E-state index contributed by atoms with van der Waals surface area (Å²) < 4.78 is 5.48. The number of nitrogens with zero attached hydrogens (tertiary/aromatic N) is 3. The molecule has 0 amide bonds. The van der Waals surface area contributed by atoms with Crippen LogP contribution >= 0.6 is 0 Å². The second kappa shape index (κ2) is 6.42. The molecule has 0 spiro atoms. The smallest absolute Gasteiger partial charge is 0.140 e. The normalized spacial score (nSPS) is 16.1. The van der Waals surface area contributed by atoms with Gasteiger partial charge in [0.15, 0.2) is 0 Å². The Hall–Kier alpha value is -2.92. The fourth-order valence-electron chi connectivity index (χ4n) is 3.55. The van der Waals surface area contributed by atoms with E-state index in [1.54, 1.807) is 0 Å². The molecule has 2 aromatic carbocycles. The van der Waals surface area contributed by atoms with Crippen molar-refractivity contribution >= 4 is 34.3 Å². The standard InChI is InChI=1S/C21H20N4O/c1-2-4-19-15(3-1)12-20(25-7-9-26-10-8-25)24-21(19)23-18-6-5-16-13-22-14-17(16)11-18/h1-6,11-12,14H,7-10,13H2,(H,23,24). The molecule has 5 heteroatoms. The van der Waals surface area contributed by atoms with Gasteiger partial charge in [-0.15, -0.1) is 0 Å². The first-order chi connectivity index (χ1) is 12.9. The number of benzene rings is 2. The molecule has 1 fully saturated rings. The Morgan fingerprint density at radius 2 is 1.88 bits per heavy atom. The van der Waals surface area contributed by atoms with E-state index in [0.29, 0.717) is 0 Å². The number of morpholine rings is 1. The van der Waals surface area contributed by atoms with Crippen LogP contribution in [0.15, 0.2) is 53.5 Å². The van der Waals surface area contributed by atoms with Crippen molar-refractivity contribution in [1.82, 2.24) is 4.98 Å². The minimum atomic E-state index is 0.751. The SMILES string of the molecule is C1=NCc2ccc(Nc3nc(N4CCOCC4)cc4ccccc34)cc21. The van der Waals surface area contributed by atoms with Crippen molar-refractivity contribution in [3.63, 3.8) is 0 Å². The summed E-state index contributed by atoms with van der Waals surface area (Å²) in [5.41, 5.74) is 3.49. The van der Waals surface area contributed by atoms with E-state index < -0.39 is 0 Å². The van der Waals surface area contributed by atoms with Crippen LogP contribution in [0.5, 0.6) is 0 Å². The molecule has 1 aromatic heterocycles. The van der Waals surface area contributed by atoms with Crippen LogP contribution in [0.2, 0.25) is 0 Å². The zero-order valence-corrected chi connectivity index (χ0v) is 14.5. The molecule has 0 atom stereocenters. The summed E-state index contributed by atoms with van der Waals surface area (Å²) in [5, 5.41) is 5.84. The molecule has 2 aliphatic heterocycles. The Kier molecular flexibility index (Phi) is 3.79. The number of fused-ring (bicyclic) bond motifs is 2. The van der Waals surface area contributed by atoms with Gasteiger partial charge < -0.3 is 15.0 Å². The second-order valence-electron chi connectivity index (χ2n) is 6.66. The highest BCUT2D eigenvalue weighted by molar-refractivity contribution is 5.95. The van der Waals surface area contributed by atoms with Crippen LogP contribution in [0.25, 0.3) is 10.8 Å². The Morgan fingerprint density at radius 3 is 2.81 bits per heavy atom. The van der Waals surface area contributed by atoms with Gasteiger partial charge in [-0.3, -0.25) is 4.99 Å². The summed E-state index contributed by atoms with van der Waals surface area (Å²) in [6.45, 7) is 4.03. The lowest BCUT2D eigenvalue weighted by atomic mass is 10.1. The van der Waals surface area contributed by atoms with E-state index in [9.17, 15) is 0 Å². The van der Waals surface area contributed by atoms with Crippen molar-refractivity contribution in [2.45, 2.75) is 6.54 Å². The highest BCUT2D eigenvalue weighted by Crippen LogP contribution is 2.30. The maximum atomic E-state index is 5.48. The molecule has 26 heavy (non-hydrogen) atoms. The summed E-state index contributed by atoms with van der Waals surface area (Å²) in [6.07, 6.45) is 1.94. The van der Waals surface area contributed by atoms with Crippen LogP contribution in [-0.2, 0) is 11.3 Å². The zero-order valence-electron chi connectivity index (χ0n) is 14.5. The van der Waals surface area contributed by atoms with E-state index in [0.717, 1.165) is 55.6 Å². The first kappa shape index (κ1) is 15.3. The highest BCUT2D eigenvalue weighted by atomic mass is 16.5. The van der Waals surface area contributed by atoms with Gasteiger partial charge in [-0.2, -0.15) is 0 Å². The van der Waals surface area contributed by atoms with Crippen LogP contribution in [0.1, 0.15) is 11.1 Å². The predicted octanol–water partition coefficient (Wildman–Crippen LogP) is 3.75. The topological polar surface area (TPSA) is 49.8 Å². The van der Waals surface area contributed by atoms with E-state index in [4.69, 9.17) is 9.72 Å². The van der Waals surface area contributed by atoms with Crippen molar-refractivity contribution in [3.05, 3.63) is 59.7 Å². The average molecular weight is 344 g/mol. The number of aromatic nitrogens is 1. The van der Waals surface area contributed by atoms with Crippen LogP contribution in [0.4, 0.5) is 17.3 Å². The summed E-state index contributed by atoms with van der Waals surface area (Å²) in [5.74, 6) is 1.89. The lowest BCUT2D eigenvalue weighted by molar-refractivity contribution is 0.122.